The third-order valence-electron chi connectivity index (χ3n) is 6.01. The van der Waals surface area contributed by atoms with Crippen LogP contribution in [0.4, 0.5) is 0 Å². The smallest absolute Gasteiger partial charge is 0.0767 e. The highest BCUT2D eigenvalue weighted by molar-refractivity contribution is 7.69. The standard InChI is InChI=1S/C18H32NP/c1-4-7-10-17(11-8-5-2)13-14-20-16(15-19)18(17,20)12-9-6-3/h16H,4-14H2,1-3H3. The third kappa shape index (κ3) is 2.43. The molecule has 0 aromatic rings. The summed E-state index contributed by atoms with van der Waals surface area (Å²) in [4.78, 5) is 0. The first kappa shape index (κ1) is 16.3. The predicted octanol–water partition coefficient (Wildman–Crippen LogP) is 6.07. The molecular weight excluding hydrogens is 261 g/mol. The second-order valence-electron chi connectivity index (χ2n) is 6.99. The van der Waals surface area contributed by atoms with Gasteiger partial charge in [0, 0.05) is 5.16 Å². The first-order valence-electron chi connectivity index (χ1n) is 8.88. The maximum Gasteiger partial charge on any atom is 0.0767 e. The highest BCUT2D eigenvalue weighted by Crippen LogP contribution is 2.89. The third-order valence-corrected chi connectivity index (χ3v) is 9.60. The Morgan fingerprint density at radius 3 is 2.00 bits per heavy atom. The molecule has 3 unspecified atom stereocenters. The fourth-order valence-corrected chi connectivity index (χ4v) is 9.21. The monoisotopic (exact) mass is 293 g/mol. The summed E-state index contributed by atoms with van der Waals surface area (Å²) in [6, 6.07) is 2.73. The van der Waals surface area contributed by atoms with Gasteiger partial charge in [0.15, 0.2) is 0 Å². The van der Waals surface area contributed by atoms with E-state index in [1.165, 1.54) is 70.4 Å². The van der Waals surface area contributed by atoms with Crippen molar-refractivity contribution in [2.75, 3.05) is 6.16 Å². The van der Waals surface area contributed by atoms with Crippen molar-refractivity contribution in [3.8, 4) is 6.07 Å². The molecule has 2 rings (SSSR count). The molecule has 0 aromatic carbocycles. The summed E-state index contributed by atoms with van der Waals surface area (Å²) >= 11 is 0. The molecule has 2 heterocycles. The van der Waals surface area contributed by atoms with Crippen LogP contribution in [0.25, 0.3) is 0 Å². The first-order valence-corrected chi connectivity index (χ1v) is 10.5. The van der Waals surface area contributed by atoms with Crippen LogP contribution in [-0.4, -0.2) is 17.0 Å². The molecule has 0 aromatic heterocycles. The Morgan fingerprint density at radius 2 is 1.55 bits per heavy atom. The summed E-state index contributed by atoms with van der Waals surface area (Å²) in [7, 11) is 0.0601. The van der Waals surface area contributed by atoms with Crippen LogP contribution in [0.5, 0.6) is 0 Å². The van der Waals surface area contributed by atoms with E-state index in [0.717, 1.165) is 0 Å². The zero-order chi connectivity index (χ0) is 14.6. The summed E-state index contributed by atoms with van der Waals surface area (Å²) in [6.07, 6.45) is 15.0. The van der Waals surface area contributed by atoms with Gasteiger partial charge in [-0.2, -0.15) is 5.26 Å². The molecule has 0 saturated carbocycles. The van der Waals surface area contributed by atoms with E-state index in [0.29, 0.717) is 16.2 Å². The minimum absolute atomic E-state index is 0.0601. The fraction of sp³-hybridized carbons (Fsp3) is 0.944. The molecular formula is C18H32NP. The normalized spacial score (nSPS) is 33.7. The lowest BCUT2D eigenvalue weighted by Crippen LogP contribution is -2.38. The second-order valence-corrected chi connectivity index (χ2v) is 9.69. The van der Waals surface area contributed by atoms with E-state index >= 15 is 0 Å². The number of hydrogen-bond acceptors (Lipinski definition) is 1. The van der Waals surface area contributed by atoms with E-state index in [-0.39, 0.29) is 7.92 Å². The van der Waals surface area contributed by atoms with Gasteiger partial charge in [0.1, 0.15) is 0 Å². The van der Waals surface area contributed by atoms with E-state index in [1.54, 1.807) is 0 Å². The van der Waals surface area contributed by atoms with E-state index < -0.39 is 0 Å². The molecule has 3 atom stereocenters. The van der Waals surface area contributed by atoms with Crippen LogP contribution in [-0.2, 0) is 0 Å². The van der Waals surface area contributed by atoms with E-state index in [4.69, 9.17) is 0 Å². The first-order chi connectivity index (χ1) is 9.72. The lowest BCUT2D eigenvalue weighted by Gasteiger charge is -2.40. The largest absolute Gasteiger partial charge is 0.198 e. The molecule has 0 amide bonds. The Balaban J connectivity index is 2.21. The van der Waals surface area contributed by atoms with Gasteiger partial charge in [-0.3, -0.25) is 0 Å². The molecule has 0 bridgehead atoms. The van der Waals surface area contributed by atoms with Crippen LogP contribution in [0.1, 0.15) is 85.0 Å². The van der Waals surface area contributed by atoms with Gasteiger partial charge in [0.2, 0.25) is 0 Å². The molecule has 2 aliphatic heterocycles. The number of rotatable bonds is 9. The van der Waals surface area contributed by atoms with Crippen molar-refractivity contribution in [2.24, 2.45) is 5.41 Å². The van der Waals surface area contributed by atoms with Crippen LogP contribution >= 0.6 is 7.92 Å². The Morgan fingerprint density at radius 1 is 1.00 bits per heavy atom. The molecule has 0 spiro atoms. The second kappa shape index (κ2) is 6.79. The Kier molecular flexibility index (Phi) is 5.53. The van der Waals surface area contributed by atoms with Crippen LogP contribution in [0.2, 0.25) is 0 Å². The highest BCUT2D eigenvalue weighted by atomic mass is 31.1. The van der Waals surface area contributed by atoms with Gasteiger partial charge < -0.3 is 0 Å². The van der Waals surface area contributed by atoms with Gasteiger partial charge in [0.05, 0.1) is 11.7 Å². The van der Waals surface area contributed by atoms with Crippen molar-refractivity contribution in [1.29, 1.82) is 5.26 Å². The highest BCUT2D eigenvalue weighted by Gasteiger charge is 2.75. The van der Waals surface area contributed by atoms with Crippen molar-refractivity contribution >= 4 is 7.92 Å². The van der Waals surface area contributed by atoms with Crippen molar-refractivity contribution in [1.82, 2.24) is 0 Å². The Labute approximate surface area is 127 Å². The summed E-state index contributed by atoms with van der Waals surface area (Å²) in [5.41, 5.74) is 1.02. The van der Waals surface area contributed by atoms with Crippen LogP contribution in [0, 0.1) is 16.7 Å². The number of fused-ring (bicyclic) bond motifs is 1. The number of unbranched alkanes of at least 4 members (excludes halogenated alkanes) is 3. The number of hydrogen-bond donors (Lipinski definition) is 0. The van der Waals surface area contributed by atoms with Gasteiger partial charge in [-0.25, -0.2) is 0 Å². The van der Waals surface area contributed by atoms with Crippen molar-refractivity contribution in [3.63, 3.8) is 0 Å². The quantitative estimate of drug-likeness (QED) is 0.473. The SMILES string of the molecule is CCCCC1(CCCC)CCP2C(C#N)C21CCCC. The van der Waals surface area contributed by atoms with Gasteiger partial charge in [0.25, 0.3) is 0 Å². The van der Waals surface area contributed by atoms with Gasteiger partial charge in [-0.05, 0) is 37.3 Å². The summed E-state index contributed by atoms with van der Waals surface area (Å²) < 4.78 is 0. The molecule has 0 aliphatic carbocycles. The zero-order valence-corrected chi connectivity index (χ0v) is 14.6. The fourth-order valence-electron chi connectivity index (χ4n) is 4.87. The Bertz CT molecular complexity index is 351. The molecule has 2 heteroatoms. The Hall–Kier alpha value is -0.0800. The van der Waals surface area contributed by atoms with Gasteiger partial charge >= 0.3 is 0 Å². The maximum absolute atomic E-state index is 9.63. The van der Waals surface area contributed by atoms with Gasteiger partial charge in [-0.1, -0.05) is 67.2 Å². The molecule has 0 N–H and O–H groups in total. The minimum atomic E-state index is 0.0601. The summed E-state index contributed by atoms with van der Waals surface area (Å²) in [5, 5.41) is 10.1. The van der Waals surface area contributed by atoms with Crippen molar-refractivity contribution < 1.29 is 0 Å². The lowest BCUT2D eigenvalue weighted by atomic mass is 9.64. The molecule has 20 heavy (non-hydrogen) atoms. The summed E-state index contributed by atoms with van der Waals surface area (Å²) in [6.45, 7) is 6.94. The average Bonchev–Trinajstić information content (AvgIpc) is 3.02. The maximum atomic E-state index is 9.63. The topological polar surface area (TPSA) is 23.8 Å². The zero-order valence-electron chi connectivity index (χ0n) is 13.7. The summed E-state index contributed by atoms with van der Waals surface area (Å²) in [5.74, 6) is 0. The van der Waals surface area contributed by atoms with Crippen LogP contribution in [0.15, 0.2) is 0 Å². The molecule has 2 aliphatic rings. The predicted molar refractivity (Wildman–Crippen MR) is 89.5 cm³/mol. The molecule has 2 saturated heterocycles. The number of nitrogens with zero attached hydrogens (tertiary/aromatic N) is 1. The molecule has 2 fully saturated rings. The molecule has 114 valence electrons. The van der Waals surface area contributed by atoms with Crippen molar-refractivity contribution in [3.05, 3.63) is 0 Å². The van der Waals surface area contributed by atoms with E-state index in [1.807, 2.05) is 0 Å². The van der Waals surface area contributed by atoms with Crippen LogP contribution in [0.3, 0.4) is 0 Å². The van der Waals surface area contributed by atoms with E-state index in [2.05, 4.69) is 26.8 Å². The number of nitriles is 1. The lowest BCUT2D eigenvalue weighted by molar-refractivity contribution is 0.164. The van der Waals surface area contributed by atoms with Gasteiger partial charge in [-0.15, -0.1) is 0 Å². The van der Waals surface area contributed by atoms with Crippen molar-refractivity contribution in [2.45, 2.75) is 95.8 Å². The minimum Gasteiger partial charge on any atom is -0.198 e. The average molecular weight is 293 g/mol. The van der Waals surface area contributed by atoms with E-state index in [9.17, 15) is 5.26 Å². The molecule has 1 nitrogen and oxygen atoms in total. The molecule has 0 radical (unpaired) electrons. The van der Waals surface area contributed by atoms with Crippen LogP contribution < -0.4 is 0 Å².